The molecule has 0 aliphatic heterocycles. The lowest BCUT2D eigenvalue weighted by atomic mass is 10.3. The average Bonchev–Trinajstić information content (AvgIpc) is 2.19. The zero-order valence-electron chi connectivity index (χ0n) is 8.08. The zero-order chi connectivity index (χ0) is 10.4. The Labute approximate surface area is 82.1 Å². The molecule has 0 aliphatic carbocycles. The number of H-pyrrole nitrogens is 1. The van der Waals surface area contributed by atoms with Crippen LogP contribution in [0.1, 0.15) is 13.3 Å². The Kier molecular flexibility index (Phi) is 3.72. The third-order valence-corrected chi connectivity index (χ3v) is 1.73. The summed E-state index contributed by atoms with van der Waals surface area (Å²) in [5.74, 6) is 0.443. The second kappa shape index (κ2) is 5.06. The van der Waals surface area contributed by atoms with E-state index in [2.05, 4.69) is 15.3 Å². The van der Waals surface area contributed by atoms with Gasteiger partial charge >= 0.3 is 0 Å². The van der Waals surface area contributed by atoms with Crippen LogP contribution < -0.4 is 16.6 Å². The van der Waals surface area contributed by atoms with Gasteiger partial charge in [-0.25, -0.2) is 4.98 Å². The van der Waals surface area contributed by atoms with Crippen molar-refractivity contribution in [1.82, 2.24) is 9.97 Å². The fourth-order valence-corrected chi connectivity index (χ4v) is 0.992. The summed E-state index contributed by atoms with van der Waals surface area (Å²) in [6, 6.07) is 0. The van der Waals surface area contributed by atoms with E-state index in [1.807, 2.05) is 19.1 Å². The van der Waals surface area contributed by atoms with Crippen LogP contribution in [0.3, 0.4) is 0 Å². The minimum atomic E-state index is -0.312. The Hall–Kier alpha value is -1.78. The molecule has 5 heteroatoms. The van der Waals surface area contributed by atoms with Crippen LogP contribution in [0.4, 0.5) is 11.5 Å². The van der Waals surface area contributed by atoms with E-state index in [9.17, 15) is 4.79 Å². The first kappa shape index (κ1) is 10.3. The van der Waals surface area contributed by atoms with E-state index in [1.165, 1.54) is 6.33 Å². The molecule has 0 aliphatic rings. The molecule has 5 nitrogen and oxygen atoms in total. The lowest BCUT2D eigenvalue weighted by Gasteiger charge is -2.04. The van der Waals surface area contributed by atoms with Crippen LogP contribution in [0.25, 0.3) is 0 Å². The molecule has 4 N–H and O–H groups in total. The third kappa shape index (κ3) is 2.62. The lowest BCUT2D eigenvalue weighted by Crippen LogP contribution is -2.16. The van der Waals surface area contributed by atoms with Gasteiger partial charge in [0, 0.05) is 6.54 Å². The van der Waals surface area contributed by atoms with Gasteiger partial charge in [-0.15, -0.1) is 0 Å². The van der Waals surface area contributed by atoms with Crippen molar-refractivity contribution in [2.45, 2.75) is 13.3 Å². The summed E-state index contributed by atoms with van der Waals surface area (Å²) in [5, 5.41) is 2.98. The maximum absolute atomic E-state index is 11.1. The maximum Gasteiger partial charge on any atom is 0.276 e. The van der Waals surface area contributed by atoms with E-state index in [0.29, 0.717) is 12.4 Å². The van der Waals surface area contributed by atoms with Gasteiger partial charge in [0.1, 0.15) is 5.69 Å². The second-order valence-corrected chi connectivity index (χ2v) is 2.78. The quantitative estimate of drug-likeness (QED) is 0.487. The number of hydrogen-bond acceptors (Lipinski definition) is 4. The number of rotatable bonds is 4. The number of aromatic nitrogens is 2. The first-order valence-electron chi connectivity index (χ1n) is 4.44. The van der Waals surface area contributed by atoms with Crippen LogP contribution in [0.5, 0.6) is 0 Å². The monoisotopic (exact) mass is 194 g/mol. The fraction of sp³-hybridized carbons (Fsp3) is 0.333. The first-order valence-corrected chi connectivity index (χ1v) is 4.44. The molecule has 0 saturated heterocycles. The Morgan fingerprint density at radius 2 is 2.50 bits per heavy atom. The average molecular weight is 194 g/mol. The number of nitrogens with one attached hydrogen (secondary N) is 2. The maximum atomic E-state index is 11.1. The van der Waals surface area contributed by atoms with Gasteiger partial charge in [0.2, 0.25) is 0 Å². The van der Waals surface area contributed by atoms with Crippen molar-refractivity contribution >= 4 is 11.5 Å². The molecule has 14 heavy (non-hydrogen) atoms. The molecule has 1 rings (SSSR count). The summed E-state index contributed by atoms with van der Waals surface area (Å²) >= 11 is 0. The van der Waals surface area contributed by atoms with Gasteiger partial charge in [0.05, 0.1) is 6.33 Å². The molecule has 0 spiro atoms. The molecule has 1 aromatic heterocycles. The number of nitrogens with two attached hydrogens (primary N) is 1. The number of nitrogens with zero attached hydrogens (tertiary/aromatic N) is 1. The van der Waals surface area contributed by atoms with Crippen LogP contribution in [-0.4, -0.2) is 16.5 Å². The topological polar surface area (TPSA) is 83.8 Å². The molecule has 1 aromatic rings. The Morgan fingerprint density at radius 3 is 3.21 bits per heavy atom. The van der Waals surface area contributed by atoms with Crippen molar-refractivity contribution in [1.29, 1.82) is 0 Å². The highest BCUT2D eigenvalue weighted by Gasteiger charge is 2.01. The Bertz CT molecular complexity index is 369. The summed E-state index contributed by atoms with van der Waals surface area (Å²) in [4.78, 5) is 17.4. The van der Waals surface area contributed by atoms with Crippen LogP contribution in [0.15, 0.2) is 23.3 Å². The highest BCUT2D eigenvalue weighted by atomic mass is 16.1. The molecular weight excluding hydrogens is 180 g/mol. The summed E-state index contributed by atoms with van der Waals surface area (Å²) < 4.78 is 0. The minimum absolute atomic E-state index is 0.132. The van der Waals surface area contributed by atoms with Crippen molar-refractivity contribution < 1.29 is 0 Å². The van der Waals surface area contributed by atoms with Crippen molar-refractivity contribution in [2.75, 3.05) is 17.6 Å². The standard InChI is InChI=1S/C9H14N4O/c1-2-3-4-5-11-8-7(10)9(14)13-6-12-8/h2-3,6H,4-5,10H2,1H3,(H2,11,12,13,14)/b3-2+. The smallest absolute Gasteiger partial charge is 0.276 e. The predicted molar refractivity (Wildman–Crippen MR) is 57.2 cm³/mol. The summed E-state index contributed by atoms with van der Waals surface area (Å²) in [6.07, 6.45) is 6.20. The number of anilines is 2. The van der Waals surface area contributed by atoms with Gasteiger partial charge < -0.3 is 16.0 Å². The van der Waals surface area contributed by atoms with E-state index < -0.39 is 0 Å². The van der Waals surface area contributed by atoms with Gasteiger partial charge in [0.15, 0.2) is 5.82 Å². The molecule has 0 aromatic carbocycles. The van der Waals surface area contributed by atoms with Crippen molar-refractivity contribution in [2.24, 2.45) is 0 Å². The van der Waals surface area contributed by atoms with Gasteiger partial charge in [-0.05, 0) is 13.3 Å². The number of allylic oxidation sites excluding steroid dienone is 1. The Morgan fingerprint density at radius 1 is 1.71 bits per heavy atom. The first-order chi connectivity index (χ1) is 6.75. The van der Waals surface area contributed by atoms with E-state index in [-0.39, 0.29) is 11.2 Å². The van der Waals surface area contributed by atoms with Gasteiger partial charge in [-0.3, -0.25) is 4.79 Å². The van der Waals surface area contributed by atoms with Crippen LogP contribution in [0.2, 0.25) is 0 Å². The van der Waals surface area contributed by atoms with Crippen LogP contribution >= 0.6 is 0 Å². The lowest BCUT2D eigenvalue weighted by molar-refractivity contribution is 1.03. The summed E-state index contributed by atoms with van der Waals surface area (Å²) in [5.41, 5.74) is 5.33. The zero-order valence-corrected chi connectivity index (χ0v) is 8.08. The van der Waals surface area contributed by atoms with Crippen molar-refractivity contribution in [3.05, 3.63) is 28.8 Å². The summed E-state index contributed by atoms with van der Waals surface area (Å²) in [6.45, 7) is 2.67. The van der Waals surface area contributed by atoms with E-state index in [1.54, 1.807) is 0 Å². The van der Waals surface area contributed by atoms with Crippen molar-refractivity contribution in [3.63, 3.8) is 0 Å². The largest absolute Gasteiger partial charge is 0.391 e. The number of aromatic amines is 1. The molecule has 1 heterocycles. The minimum Gasteiger partial charge on any atom is -0.391 e. The van der Waals surface area contributed by atoms with Crippen molar-refractivity contribution in [3.8, 4) is 0 Å². The van der Waals surface area contributed by atoms with E-state index in [0.717, 1.165) is 6.42 Å². The number of nitrogen functional groups attached to an aromatic ring is 1. The number of hydrogen-bond donors (Lipinski definition) is 3. The van der Waals surface area contributed by atoms with Gasteiger partial charge in [-0.1, -0.05) is 12.2 Å². The molecule has 0 amide bonds. The molecular formula is C9H14N4O. The van der Waals surface area contributed by atoms with E-state index >= 15 is 0 Å². The highest BCUT2D eigenvalue weighted by molar-refractivity contribution is 5.58. The molecule has 76 valence electrons. The van der Waals surface area contributed by atoms with Crippen LogP contribution in [0, 0.1) is 0 Å². The Balaban J connectivity index is 2.59. The molecule has 0 radical (unpaired) electrons. The third-order valence-electron chi connectivity index (χ3n) is 1.73. The molecule has 0 unspecified atom stereocenters. The van der Waals surface area contributed by atoms with Gasteiger partial charge in [-0.2, -0.15) is 0 Å². The normalized spacial score (nSPS) is 10.6. The fourth-order valence-electron chi connectivity index (χ4n) is 0.992. The van der Waals surface area contributed by atoms with Crippen LogP contribution in [-0.2, 0) is 0 Å². The molecule has 0 fully saturated rings. The predicted octanol–water partition coefficient (Wildman–Crippen LogP) is 0.730. The molecule has 0 atom stereocenters. The SMILES string of the molecule is C/C=C/CCNc1nc[nH]c(=O)c1N. The molecule has 0 bridgehead atoms. The summed E-state index contributed by atoms with van der Waals surface area (Å²) in [7, 11) is 0. The van der Waals surface area contributed by atoms with Gasteiger partial charge in [0.25, 0.3) is 5.56 Å². The highest BCUT2D eigenvalue weighted by Crippen LogP contribution is 2.06. The molecule has 0 saturated carbocycles. The second-order valence-electron chi connectivity index (χ2n) is 2.78. The van der Waals surface area contributed by atoms with E-state index in [4.69, 9.17) is 5.73 Å².